The summed E-state index contributed by atoms with van der Waals surface area (Å²) < 4.78 is 6.63. The van der Waals surface area contributed by atoms with Crippen LogP contribution in [-0.2, 0) is 11.4 Å². The molecule has 4 aromatic rings. The summed E-state index contributed by atoms with van der Waals surface area (Å²) in [6.45, 7) is 0.522. The van der Waals surface area contributed by atoms with Crippen molar-refractivity contribution in [3.05, 3.63) is 101 Å². The van der Waals surface area contributed by atoms with E-state index < -0.39 is 0 Å². The number of carbonyl (C=O) groups is 1. The van der Waals surface area contributed by atoms with Crippen molar-refractivity contribution in [2.24, 2.45) is 5.10 Å². The van der Waals surface area contributed by atoms with Gasteiger partial charge in [0.05, 0.1) is 17.7 Å². The highest BCUT2D eigenvalue weighted by Gasteiger charge is 2.07. The predicted molar refractivity (Wildman–Crippen MR) is 131 cm³/mol. The Bertz CT molecular complexity index is 1160. The van der Waals surface area contributed by atoms with Crippen LogP contribution in [0.25, 0.3) is 11.3 Å². The molecule has 0 spiro atoms. The molecule has 0 radical (unpaired) electrons. The topological polar surface area (TPSA) is 63.6 Å². The number of thiazole rings is 1. The van der Waals surface area contributed by atoms with Gasteiger partial charge in [-0.3, -0.25) is 4.79 Å². The normalized spacial score (nSPS) is 10.9. The Labute approximate surface area is 195 Å². The number of hydrazone groups is 1. The van der Waals surface area contributed by atoms with Crippen LogP contribution in [0.2, 0.25) is 0 Å². The van der Waals surface area contributed by atoms with Crippen LogP contribution in [0, 0.1) is 0 Å². The number of hydrogen-bond acceptors (Lipinski definition) is 6. The number of hydrogen-bond donors (Lipinski definition) is 1. The Kier molecular flexibility index (Phi) is 7.68. The molecule has 160 valence electrons. The van der Waals surface area contributed by atoms with Crippen LogP contribution in [0.5, 0.6) is 5.75 Å². The third-order valence-electron chi connectivity index (χ3n) is 4.41. The summed E-state index contributed by atoms with van der Waals surface area (Å²) in [5.74, 6) is 0.862. The van der Waals surface area contributed by atoms with Gasteiger partial charge in [-0.25, -0.2) is 10.4 Å². The highest BCUT2D eigenvalue weighted by Crippen LogP contribution is 2.27. The first-order chi connectivity index (χ1) is 15.8. The van der Waals surface area contributed by atoms with E-state index in [1.807, 2.05) is 90.3 Å². The molecule has 7 heteroatoms. The molecule has 5 nitrogen and oxygen atoms in total. The number of aromatic nitrogens is 1. The lowest BCUT2D eigenvalue weighted by Gasteiger charge is -2.06. The van der Waals surface area contributed by atoms with Crippen molar-refractivity contribution in [1.82, 2.24) is 10.4 Å². The molecule has 1 heterocycles. The van der Waals surface area contributed by atoms with Gasteiger partial charge in [0.1, 0.15) is 12.4 Å². The van der Waals surface area contributed by atoms with E-state index in [-0.39, 0.29) is 11.7 Å². The van der Waals surface area contributed by atoms with Gasteiger partial charge >= 0.3 is 0 Å². The quantitative estimate of drug-likeness (QED) is 0.200. The number of carbonyl (C=O) groups excluding carboxylic acids is 1. The zero-order valence-electron chi connectivity index (χ0n) is 17.2. The average Bonchev–Trinajstić information content (AvgIpc) is 3.33. The van der Waals surface area contributed by atoms with Crippen molar-refractivity contribution < 1.29 is 9.53 Å². The molecule has 0 saturated carbocycles. The molecule has 0 atom stereocenters. The molecule has 0 aliphatic rings. The fraction of sp³-hybridized carbons (Fsp3) is 0.0800. The van der Waals surface area contributed by atoms with Gasteiger partial charge in [-0.1, -0.05) is 72.4 Å². The molecule has 0 fully saturated rings. The first-order valence-electron chi connectivity index (χ1n) is 9.99. The Morgan fingerprint density at radius 2 is 1.72 bits per heavy atom. The SMILES string of the molecule is O=C(CSc1nc(-c2ccccc2)cs1)N/N=C/c1ccc(OCc2ccccc2)cc1. The number of ether oxygens (including phenoxy) is 1. The summed E-state index contributed by atoms with van der Waals surface area (Å²) in [6.07, 6.45) is 1.61. The summed E-state index contributed by atoms with van der Waals surface area (Å²) in [6, 6.07) is 27.6. The van der Waals surface area contributed by atoms with Gasteiger partial charge in [-0.05, 0) is 35.4 Å². The van der Waals surface area contributed by atoms with Crippen LogP contribution in [0.15, 0.2) is 99.8 Å². The highest BCUT2D eigenvalue weighted by molar-refractivity contribution is 8.01. The van der Waals surface area contributed by atoms with E-state index in [4.69, 9.17) is 4.74 Å². The van der Waals surface area contributed by atoms with E-state index in [1.165, 1.54) is 23.1 Å². The van der Waals surface area contributed by atoms with Gasteiger partial charge in [0.15, 0.2) is 4.34 Å². The molecule has 3 aromatic carbocycles. The Morgan fingerprint density at radius 3 is 2.47 bits per heavy atom. The second kappa shape index (κ2) is 11.3. The molecule has 0 aliphatic heterocycles. The van der Waals surface area contributed by atoms with E-state index >= 15 is 0 Å². The van der Waals surface area contributed by atoms with Gasteiger partial charge in [-0.15, -0.1) is 11.3 Å². The number of thioether (sulfide) groups is 1. The standard InChI is InChI=1S/C25H21N3O2S2/c29-24(18-32-25-27-23(17-31-25)21-9-5-2-6-10-21)28-26-15-19-11-13-22(14-12-19)30-16-20-7-3-1-4-8-20/h1-15,17H,16,18H2,(H,28,29)/b26-15+. The molecule has 32 heavy (non-hydrogen) atoms. The second-order valence-corrected chi connectivity index (χ2v) is 8.87. The van der Waals surface area contributed by atoms with Crippen molar-refractivity contribution in [3.63, 3.8) is 0 Å². The molecule has 0 bridgehead atoms. The molecular formula is C25H21N3O2S2. The summed E-state index contributed by atoms with van der Waals surface area (Å²) in [7, 11) is 0. The summed E-state index contributed by atoms with van der Waals surface area (Å²) in [4.78, 5) is 16.6. The maximum Gasteiger partial charge on any atom is 0.250 e. The van der Waals surface area contributed by atoms with E-state index in [0.29, 0.717) is 6.61 Å². The molecule has 1 amide bonds. The number of amides is 1. The van der Waals surface area contributed by atoms with Gasteiger partial charge in [0, 0.05) is 10.9 Å². The smallest absolute Gasteiger partial charge is 0.250 e. The van der Waals surface area contributed by atoms with E-state index in [9.17, 15) is 4.79 Å². The van der Waals surface area contributed by atoms with Crippen molar-refractivity contribution in [3.8, 4) is 17.0 Å². The van der Waals surface area contributed by atoms with E-state index in [2.05, 4.69) is 15.5 Å². The monoisotopic (exact) mass is 459 g/mol. The van der Waals surface area contributed by atoms with E-state index in [1.54, 1.807) is 6.21 Å². The van der Waals surface area contributed by atoms with Gasteiger partial charge in [0.25, 0.3) is 5.91 Å². The molecule has 0 saturated heterocycles. The fourth-order valence-electron chi connectivity index (χ4n) is 2.79. The first-order valence-corrected chi connectivity index (χ1v) is 11.9. The van der Waals surface area contributed by atoms with Crippen LogP contribution in [0.4, 0.5) is 0 Å². The van der Waals surface area contributed by atoms with E-state index in [0.717, 1.165) is 32.5 Å². The molecule has 1 aromatic heterocycles. The number of benzene rings is 3. The van der Waals surface area contributed by atoms with Crippen LogP contribution < -0.4 is 10.2 Å². The van der Waals surface area contributed by atoms with Crippen LogP contribution in [0.3, 0.4) is 0 Å². The lowest BCUT2D eigenvalue weighted by molar-refractivity contribution is -0.118. The van der Waals surface area contributed by atoms with Crippen molar-refractivity contribution in [2.45, 2.75) is 10.9 Å². The third kappa shape index (κ3) is 6.54. The van der Waals surface area contributed by atoms with Gasteiger partial charge in [0.2, 0.25) is 0 Å². The second-order valence-electron chi connectivity index (χ2n) is 6.79. The number of rotatable bonds is 9. The number of nitrogens with one attached hydrogen (secondary N) is 1. The minimum absolute atomic E-state index is 0.175. The Hall–Kier alpha value is -3.42. The Balaban J connectivity index is 1.20. The minimum Gasteiger partial charge on any atom is -0.489 e. The van der Waals surface area contributed by atoms with Crippen molar-refractivity contribution in [1.29, 1.82) is 0 Å². The maximum atomic E-state index is 12.1. The predicted octanol–water partition coefficient (Wildman–Crippen LogP) is 5.63. The van der Waals surface area contributed by atoms with Crippen molar-refractivity contribution >= 4 is 35.2 Å². The maximum absolute atomic E-state index is 12.1. The molecule has 0 aliphatic carbocycles. The lowest BCUT2D eigenvalue weighted by atomic mass is 10.2. The average molecular weight is 460 g/mol. The largest absolute Gasteiger partial charge is 0.489 e. The molecule has 0 unspecified atom stereocenters. The fourth-order valence-corrected chi connectivity index (χ4v) is 4.42. The highest BCUT2D eigenvalue weighted by atomic mass is 32.2. The lowest BCUT2D eigenvalue weighted by Crippen LogP contribution is -2.19. The summed E-state index contributed by atoms with van der Waals surface area (Å²) in [5.41, 5.74) is 6.54. The third-order valence-corrected chi connectivity index (χ3v) is 6.43. The Morgan fingerprint density at radius 1 is 1.00 bits per heavy atom. The summed E-state index contributed by atoms with van der Waals surface area (Å²) in [5, 5.41) is 6.04. The zero-order valence-corrected chi connectivity index (χ0v) is 18.8. The van der Waals surface area contributed by atoms with Crippen LogP contribution in [-0.4, -0.2) is 22.9 Å². The van der Waals surface area contributed by atoms with Gasteiger partial charge in [-0.2, -0.15) is 5.10 Å². The van der Waals surface area contributed by atoms with Crippen LogP contribution >= 0.6 is 23.1 Å². The first kappa shape index (κ1) is 21.8. The zero-order chi connectivity index (χ0) is 22.0. The molecule has 4 rings (SSSR count). The van der Waals surface area contributed by atoms with Gasteiger partial charge < -0.3 is 4.74 Å². The minimum atomic E-state index is -0.175. The summed E-state index contributed by atoms with van der Waals surface area (Å²) >= 11 is 2.93. The van der Waals surface area contributed by atoms with Crippen molar-refractivity contribution in [2.75, 3.05) is 5.75 Å². The molecule has 1 N–H and O–H groups in total. The number of nitrogens with zero attached hydrogens (tertiary/aromatic N) is 2. The molecular weight excluding hydrogens is 438 g/mol. The van der Waals surface area contributed by atoms with Crippen LogP contribution in [0.1, 0.15) is 11.1 Å².